The van der Waals surface area contributed by atoms with Crippen molar-refractivity contribution in [2.45, 2.75) is 12.8 Å². The van der Waals surface area contributed by atoms with Crippen LogP contribution in [0.4, 0.5) is 11.4 Å². The molecule has 1 aromatic rings. The van der Waals surface area contributed by atoms with Crippen LogP contribution in [-0.2, 0) is 9.53 Å². The minimum absolute atomic E-state index is 0.0351. The molecule has 6 nitrogen and oxygen atoms in total. The van der Waals surface area contributed by atoms with Crippen molar-refractivity contribution < 1.29 is 19.4 Å². The maximum atomic E-state index is 12.4. The lowest BCUT2D eigenvalue weighted by Gasteiger charge is -2.27. The molecule has 3 N–H and O–H groups in total. The Kier molecular flexibility index (Phi) is 4.24. The number of anilines is 2. The Morgan fingerprint density at radius 3 is 2.60 bits per heavy atom. The van der Waals surface area contributed by atoms with Gasteiger partial charge in [-0.3, -0.25) is 4.79 Å². The number of carboxylic acids is 1. The highest BCUT2D eigenvalue weighted by atomic mass is 16.5. The SMILES string of the molecule is CN(C(=O)C1CCOCC1)c1ccc(N)cc1C(=O)O. The number of benzene rings is 1. The zero-order valence-electron chi connectivity index (χ0n) is 11.3. The lowest BCUT2D eigenvalue weighted by molar-refractivity contribution is -0.124. The molecule has 1 saturated heterocycles. The summed E-state index contributed by atoms with van der Waals surface area (Å²) in [6, 6.07) is 4.52. The molecular weight excluding hydrogens is 260 g/mol. The smallest absolute Gasteiger partial charge is 0.337 e. The van der Waals surface area contributed by atoms with Crippen LogP contribution in [-0.4, -0.2) is 37.2 Å². The van der Waals surface area contributed by atoms with Crippen LogP contribution >= 0.6 is 0 Å². The largest absolute Gasteiger partial charge is 0.478 e. The molecule has 0 bridgehead atoms. The summed E-state index contributed by atoms with van der Waals surface area (Å²) in [5.74, 6) is -1.30. The summed E-state index contributed by atoms with van der Waals surface area (Å²) in [6.07, 6.45) is 1.33. The zero-order chi connectivity index (χ0) is 14.7. The highest BCUT2D eigenvalue weighted by molar-refractivity contribution is 6.03. The van der Waals surface area contributed by atoms with Crippen LogP contribution in [0.1, 0.15) is 23.2 Å². The predicted molar refractivity (Wildman–Crippen MR) is 74.8 cm³/mol. The highest BCUT2D eigenvalue weighted by Crippen LogP contribution is 2.26. The fraction of sp³-hybridized carbons (Fsp3) is 0.429. The van der Waals surface area contributed by atoms with E-state index < -0.39 is 5.97 Å². The van der Waals surface area contributed by atoms with Gasteiger partial charge in [0.25, 0.3) is 0 Å². The first-order valence-corrected chi connectivity index (χ1v) is 6.49. The summed E-state index contributed by atoms with van der Waals surface area (Å²) in [7, 11) is 1.59. The molecule has 1 fully saturated rings. The molecule has 1 aromatic carbocycles. The van der Waals surface area contributed by atoms with Crippen molar-refractivity contribution in [3.63, 3.8) is 0 Å². The molecule has 20 heavy (non-hydrogen) atoms. The summed E-state index contributed by atoms with van der Waals surface area (Å²) in [5, 5.41) is 9.22. The molecular formula is C14H18N2O4. The lowest BCUT2D eigenvalue weighted by Crippen LogP contribution is -2.36. The van der Waals surface area contributed by atoms with E-state index in [0.717, 1.165) is 0 Å². The summed E-state index contributed by atoms with van der Waals surface area (Å²) in [5.41, 5.74) is 6.36. The van der Waals surface area contributed by atoms with Crippen molar-refractivity contribution in [2.24, 2.45) is 5.92 Å². The number of carbonyl (C=O) groups excluding carboxylic acids is 1. The number of nitrogens with zero attached hydrogens (tertiary/aromatic N) is 1. The Morgan fingerprint density at radius 2 is 2.00 bits per heavy atom. The predicted octanol–water partition coefficient (Wildman–Crippen LogP) is 1.36. The number of carboxylic acid groups (broad SMARTS) is 1. The van der Waals surface area contributed by atoms with Gasteiger partial charge >= 0.3 is 5.97 Å². The van der Waals surface area contributed by atoms with Gasteiger partial charge in [0.2, 0.25) is 5.91 Å². The van der Waals surface area contributed by atoms with Gasteiger partial charge < -0.3 is 20.5 Å². The van der Waals surface area contributed by atoms with E-state index in [1.54, 1.807) is 19.2 Å². The van der Waals surface area contributed by atoms with E-state index in [2.05, 4.69) is 0 Å². The average molecular weight is 278 g/mol. The Morgan fingerprint density at radius 1 is 1.35 bits per heavy atom. The normalized spacial score (nSPS) is 15.8. The van der Waals surface area contributed by atoms with Crippen molar-refractivity contribution >= 4 is 23.3 Å². The minimum atomic E-state index is -1.10. The second-order valence-corrected chi connectivity index (χ2v) is 4.87. The van der Waals surface area contributed by atoms with Crippen LogP contribution in [0.2, 0.25) is 0 Å². The first kappa shape index (κ1) is 14.3. The van der Waals surface area contributed by atoms with E-state index in [-0.39, 0.29) is 17.4 Å². The molecule has 6 heteroatoms. The highest BCUT2D eigenvalue weighted by Gasteiger charge is 2.27. The Bertz CT molecular complexity index is 524. The van der Waals surface area contributed by atoms with Gasteiger partial charge in [-0.25, -0.2) is 4.79 Å². The van der Waals surface area contributed by atoms with Crippen LogP contribution in [0.15, 0.2) is 18.2 Å². The van der Waals surface area contributed by atoms with E-state index in [9.17, 15) is 14.7 Å². The molecule has 0 radical (unpaired) electrons. The Hall–Kier alpha value is -2.08. The summed E-state index contributed by atoms with van der Waals surface area (Å²) in [4.78, 5) is 25.1. The molecule has 0 spiro atoms. The molecule has 0 aliphatic carbocycles. The summed E-state index contributed by atoms with van der Waals surface area (Å²) < 4.78 is 5.23. The molecule has 1 amide bonds. The number of ether oxygens (including phenoxy) is 1. The van der Waals surface area contributed by atoms with Crippen LogP contribution in [0.25, 0.3) is 0 Å². The standard InChI is InChI=1S/C14H18N2O4/c1-16(13(17)9-4-6-20-7-5-9)12-3-2-10(15)8-11(12)14(18)19/h2-3,8-9H,4-7,15H2,1H3,(H,18,19). The van der Waals surface area contributed by atoms with Crippen molar-refractivity contribution in [1.29, 1.82) is 0 Å². The molecule has 1 aliphatic rings. The molecule has 2 rings (SSSR count). The number of aromatic carboxylic acids is 1. The molecule has 1 aliphatic heterocycles. The average Bonchev–Trinajstić information content (AvgIpc) is 2.46. The van der Waals surface area contributed by atoms with Gasteiger partial charge in [0.05, 0.1) is 11.3 Å². The second-order valence-electron chi connectivity index (χ2n) is 4.87. The van der Waals surface area contributed by atoms with Gasteiger partial charge in [0, 0.05) is 31.9 Å². The molecule has 0 atom stereocenters. The molecule has 0 aromatic heterocycles. The number of hydrogen-bond acceptors (Lipinski definition) is 4. The van der Waals surface area contributed by atoms with Crippen molar-refractivity contribution in [1.82, 2.24) is 0 Å². The third-order valence-corrected chi connectivity index (χ3v) is 3.51. The van der Waals surface area contributed by atoms with Gasteiger partial charge in [0.1, 0.15) is 0 Å². The van der Waals surface area contributed by atoms with Crippen LogP contribution in [0, 0.1) is 5.92 Å². The van der Waals surface area contributed by atoms with E-state index in [4.69, 9.17) is 10.5 Å². The topological polar surface area (TPSA) is 92.9 Å². The monoisotopic (exact) mass is 278 g/mol. The summed E-state index contributed by atoms with van der Waals surface area (Å²) >= 11 is 0. The van der Waals surface area contributed by atoms with Crippen molar-refractivity contribution in [3.05, 3.63) is 23.8 Å². The van der Waals surface area contributed by atoms with Gasteiger partial charge in [0.15, 0.2) is 0 Å². The van der Waals surface area contributed by atoms with E-state index in [0.29, 0.717) is 37.4 Å². The maximum Gasteiger partial charge on any atom is 0.337 e. The van der Waals surface area contributed by atoms with Crippen LogP contribution in [0.5, 0.6) is 0 Å². The van der Waals surface area contributed by atoms with Gasteiger partial charge in [-0.05, 0) is 31.0 Å². The maximum absolute atomic E-state index is 12.4. The second kappa shape index (κ2) is 5.92. The van der Waals surface area contributed by atoms with Crippen LogP contribution in [0.3, 0.4) is 0 Å². The fourth-order valence-electron chi connectivity index (χ4n) is 2.35. The number of nitrogens with two attached hydrogens (primary N) is 1. The Labute approximate surface area is 117 Å². The van der Waals surface area contributed by atoms with Gasteiger partial charge in [-0.15, -0.1) is 0 Å². The molecule has 0 unspecified atom stereocenters. The van der Waals surface area contributed by atoms with Gasteiger partial charge in [-0.2, -0.15) is 0 Å². The first-order chi connectivity index (χ1) is 9.50. The van der Waals surface area contributed by atoms with E-state index in [1.165, 1.54) is 11.0 Å². The summed E-state index contributed by atoms with van der Waals surface area (Å²) in [6.45, 7) is 1.13. The van der Waals surface area contributed by atoms with E-state index >= 15 is 0 Å². The fourth-order valence-corrected chi connectivity index (χ4v) is 2.35. The third kappa shape index (κ3) is 2.91. The number of nitrogen functional groups attached to an aromatic ring is 1. The number of hydrogen-bond donors (Lipinski definition) is 2. The third-order valence-electron chi connectivity index (χ3n) is 3.51. The molecule has 1 heterocycles. The zero-order valence-corrected chi connectivity index (χ0v) is 11.3. The molecule has 0 saturated carbocycles. The van der Waals surface area contributed by atoms with E-state index in [1.807, 2.05) is 0 Å². The molecule has 108 valence electrons. The van der Waals surface area contributed by atoms with Gasteiger partial charge in [-0.1, -0.05) is 0 Å². The van der Waals surface area contributed by atoms with Crippen molar-refractivity contribution in [3.8, 4) is 0 Å². The number of amides is 1. The minimum Gasteiger partial charge on any atom is -0.478 e. The lowest BCUT2D eigenvalue weighted by atomic mass is 9.98. The Balaban J connectivity index is 2.25. The first-order valence-electron chi connectivity index (χ1n) is 6.49. The number of rotatable bonds is 3. The number of carbonyl (C=O) groups is 2. The van der Waals surface area contributed by atoms with Crippen molar-refractivity contribution in [2.75, 3.05) is 30.9 Å². The quantitative estimate of drug-likeness (QED) is 0.814. The van der Waals surface area contributed by atoms with Crippen LogP contribution < -0.4 is 10.6 Å².